The fourth-order valence-corrected chi connectivity index (χ4v) is 2.76. The van der Waals surface area contributed by atoms with Crippen LogP contribution in [0, 0.1) is 0 Å². The lowest BCUT2D eigenvalue weighted by Gasteiger charge is -2.27. The Kier molecular flexibility index (Phi) is 3.17. The monoisotopic (exact) mass is 314 g/mol. The van der Waals surface area contributed by atoms with Crippen molar-refractivity contribution in [2.45, 2.75) is 31.8 Å². The minimum Gasteiger partial charge on any atom is -0.317 e. The third-order valence-electron chi connectivity index (χ3n) is 4.31. The lowest BCUT2D eigenvalue weighted by molar-refractivity contribution is 0.194. The van der Waals surface area contributed by atoms with Crippen LogP contribution in [0.15, 0.2) is 23.3 Å². The van der Waals surface area contributed by atoms with E-state index >= 15 is 0 Å². The molecule has 23 heavy (non-hydrogen) atoms. The van der Waals surface area contributed by atoms with Crippen molar-refractivity contribution in [1.29, 1.82) is 0 Å². The summed E-state index contributed by atoms with van der Waals surface area (Å²) < 4.78 is 3.35. The van der Waals surface area contributed by atoms with Crippen molar-refractivity contribution in [2.75, 3.05) is 11.9 Å². The first-order chi connectivity index (χ1) is 11.1. The standard InChI is InChI=1S/C15H18N6O2/c1-19-9-16-13(7-14(19)22)17-15(23)20-4-5-21-11(8-20)6-12(18-21)10-2-3-10/h6-7,9-10H,2-5,8H2,1H3,(H,17,23). The van der Waals surface area contributed by atoms with Gasteiger partial charge in [-0.2, -0.15) is 5.10 Å². The normalized spacial score (nSPS) is 17.0. The first-order valence-electron chi connectivity index (χ1n) is 7.75. The number of anilines is 1. The summed E-state index contributed by atoms with van der Waals surface area (Å²) in [5.74, 6) is 0.885. The van der Waals surface area contributed by atoms with Gasteiger partial charge in [-0.05, 0) is 18.9 Å². The molecule has 3 heterocycles. The van der Waals surface area contributed by atoms with Crippen LogP contribution >= 0.6 is 0 Å². The van der Waals surface area contributed by atoms with E-state index in [1.165, 1.54) is 29.8 Å². The van der Waals surface area contributed by atoms with Crippen LogP contribution in [0.25, 0.3) is 0 Å². The molecule has 1 aliphatic carbocycles. The van der Waals surface area contributed by atoms with Crippen molar-refractivity contribution in [3.63, 3.8) is 0 Å². The molecular formula is C15H18N6O2. The topological polar surface area (TPSA) is 85.1 Å². The second-order valence-electron chi connectivity index (χ2n) is 6.13. The number of hydrogen-bond acceptors (Lipinski definition) is 4. The predicted molar refractivity (Wildman–Crippen MR) is 83.1 cm³/mol. The summed E-state index contributed by atoms with van der Waals surface area (Å²) in [5, 5.41) is 7.30. The molecule has 0 aromatic carbocycles. The Hall–Kier alpha value is -2.64. The van der Waals surface area contributed by atoms with E-state index in [2.05, 4.69) is 21.5 Å². The lowest BCUT2D eigenvalue weighted by atomic mass is 10.2. The van der Waals surface area contributed by atoms with Crippen molar-refractivity contribution >= 4 is 11.8 Å². The highest BCUT2D eigenvalue weighted by Gasteiger charge is 2.29. The largest absolute Gasteiger partial charge is 0.323 e. The van der Waals surface area contributed by atoms with Crippen LogP contribution in [0.2, 0.25) is 0 Å². The summed E-state index contributed by atoms with van der Waals surface area (Å²) in [4.78, 5) is 29.7. The van der Waals surface area contributed by atoms with Gasteiger partial charge in [0, 0.05) is 25.6 Å². The number of aromatic nitrogens is 4. The van der Waals surface area contributed by atoms with Crippen molar-refractivity contribution in [3.8, 4) is 0 Å². The molecule has 8 nitrogen and oxygen atoms in total. The zero-order valence-corrected chi connectivity index (χ0v) is 12.9. The maximum absolute atomic E-state index is 12.4. The number of rotatable bonds is 2. The Morgan fingerprint density at radius 2 is 2.13 bits per heavy atom. The Bertz CT molecular complexity index is 820. The highest BCUT2D eigenvalue weighted by Crippen LogP contribution is 2.39. The fraction of sp³-hybridized carbons (Fsp3) is 0.467. The zero-order chi connectivity index (χ0) is 16.0. The maximum Gasteiger partial charge on any atom is 0.323 e. The number of nitrogens with zero attached hydrogens (tertiary/aromatic N) is 5. The van der Waals surface area contributed by atoms with Gasteiger partial charge >= 0.3 is 6.03 Å². The summed E-state index contributed by atoms with van der Waals surface area (Å²) in [5.41, 5.74) is 2.00. The van der Waals surface area contributed by atoms with Gasteiger partial charge in [-0.3, -0.25) is 14.8 Å². The fourth-order valence-electron chi connectivity index (χ4n) is 2.76. The summed E-state index contributed by atoms with van der Waals surface area (Å²) in [7, 11) is 1.62. The van der Waals surface area contributed by atoms with Crippen molar-refractivity contribution in [1.82, 2.24) is 24.2 Å². The van der Waals surface area contributed by atoms with Crippen LogP contribution < -0.4 is 10.9 Å². The Labute approximate surface area is 132 Å². The van der Waals surface area contributed by atoms with Gasteiger partial charge in [0.15, 0.2) is 0 Å². The minimum absolute atomic E-state index is 0.207. The van der Waals surface area contributed by atoms with Gasteiger partial charge in [-0.1, -0.05) is 0 Å². The molecule has 2 aliphatic rings. The molecule has 2 aromatic rings. The number of fused-ring (bicyclic) bond motifs is 1. The molecule has 0 atom stereocenters. The molecule has 1 saturated carbocycles. The van der Waals surface area contributed by atoms with Crippen LogP contribution in [0.1, 0.15) is 30.1 Å². The molecule has 0 spiro atoms. The molecule has 120 valence electrons. The lowest BCUT2D eigenvalue weighted by Crippen LogP contribution is -2.41. The number of hydrogen-bond donors (Lipinski definition) is 1. The number of urea groups is 1. The van der Waals surface area contributed by atoms with E-state index in [-0.39, 0.29) is 17.4 Å². The van der Waals surface area contributed by atoms with Crippen LogP contribution in [-0.2, 0) is 20.1 Å². The molecule has 0 bridgehead atoms. The Balaban J connectivity index is 1.46. The molecular weight excluding hydrogens is 296 g/mol. The molecule has 4 rings (SSSR count). The molecule has 8 heteroatoms. The van der Waals surface area contributed by atoms with E-state index in [1.54, 1.807) is 11.9 Å². The summed E-state index contributed by atoms with van der Waals surface area (Å²) in [6.07, 6.45) is 3.83. The van der Waals surface area contributed by atoms with Crippen molar-refractivity contribution in [2.24, 2.45) is 7.05 Å². The molecule has 1 fully saturated rings. The first-order valence-corrected chi connectivity index (χ1v) is 7.75. The molecule has 2 aromatic heterocycles. The first kappa shape index (κ1) is 14.0. The van der Waals surface area contributed by atoms with Gasteiger partial charge in [-0.15, -0.1) is 0 Å². The Morgan fingerprint density at radius 3 is 2.87 bits per heavy atom. The summed E-state index contributed by atoms with van der Waals surface area (Å²) in [6.45, 7) is 1.81. The van der Waals surface area contributed by atoms with E-state index in [0.29, 0.717) is 25.6 Å². The Morgan fingerprint density at radius 1 is 1.30 bits per heavy atom. The second-order valence-corrected chi connectivity index (χ2v) is 6.13. The number of aryl methyl sites for hydroxylation is 1. The van der Waals surface area contributed by atoms with Gasteiger partial charge in [-0.25, -0.2) is 9.78 Å². The molecule has 1 N–H and O–H groups in total. The van der Waals surface area contributed by atoms with Gasteiger partial charge in [0.05, 0.1) is 30.8 Å². The van der Waals surface area contributed by atoms with Crippen molar-refractivity contribution in [3.05, 3.63) is 40.2 Å². The minimum atomic E-state index is -0.244. The van der Waals surface area contributed by atoms with Crippen LogP contribution in [-0.4, -0.2) is 36.8 Å². The average Bonchev–Trinajstić information content (AvgIpc) is 3.30. The highest BCUT2D eigenvalue weighted by atomic mass is 16.2. The third kappa shape index (κ3) is 2.71. The maximum atomic E-state index is 12.4. The highest BCUT2D eigenvalue weighted by molar-refractivity contribution is 5.88. The smallest absolute Gasteiger partial charge is 0.317 e. The second kappa shape index (κ2) is 5.22. The number of carbonyl (C=O) groups excluding carboxylic acids is 1. The quantitative estimate of drug-likeness (QED) is 0.892. The SMILES string of the molecule is Cn1cnc(NC(=O)N2CCn3nc(C4CC4)cc3C2)cc1=O. The number of carbonyl (C=O) groups is 1. The third-order valence-corrected chi connectivity index (χ3v) is 4.31. The molecule has 1 aliphatic heterocycles. The van der Waals surface area contributed by atoms with E-state index in [9.17, 15) is 9.59 Å². The van der Waals surface area contributed by atoms with E-state index in [0.717, 1.165) is 11.4 Å². The average molecular weight is 314 g/mol. The van der Waals surface area contributed by atoms with Gasteiger partial charge in [0.2, 0.25) is 0 Å². The molecule has 0 saturated heterocycles. The van der Waals surface area contributed by atoms with E-state index < -0.39 is 0 Å². The van der Waals surface area contributed by atoms with Crippen LogP contribution in [0.3, 0.4) is 0 Å². The van der Waals surface area contributed by atoms with Crippen LogP contribution in [0.5, 0.6) is 0 Å². The molecule has 0 unspecified atom stereocenters. The van der Waals surface area contributed by atoms with Crippen molar-refractivity contribution < 1.29 is 4.79 Å². The van der Waals surface area contributed by atoms with E-state index in [4.69, 9.17) is 0 Å². The van der Waals surface area contributed by atoms with Gasteiger partial charge < -0.3 is 9.47 Å². The zero-order valence-electron chi connectivity index (χ0n) is 12.9. The van der Waals surface area contributed by atoms with E-state index in [1.807, 2.05) is 4.68 Å². The van der Waals surface area contributed by atoms with Gasteiger partial charge in [0.1, 0.15) is 5.82 Å². The summed E-state index contributed by atoms with van der Waals surface area (Å²) in [6, 6.07) is 3.18. The molecule has 2 amide bonds. The van der Waals surface area contributed by atoms with Gasteiger partial charge in [0.25, 0.3) is 5.56 Å². The molecule has 0 radical (unpaired) electrons. The summed E-state index contributed by atoms with van der Waals surface area (Å²) >= 11 is 0. The number of amides is 2. The number of nitrogens with one attached hydrogen (secondary N) is 1. The van der Waals surface area contributed by atoms with Crippen LogP contribution in [0.4, 0.5) is 10.6 Å². The predicted octanol–water partition coefficient (Wildman–Crippen LogP) is 0.902.